The molecule has 5 rings (SSSR count). The summed E-state index contributed by atoms with van der Waals surface area (Å²) in [7, 11) is 5.32. The van der Waals surface area contributed by atoms with Gasteiger partial charge in [0.25, 0.3) is 0 Å². The topological polar surface area (TPSA) is 40.2 Å². The van der Waals surface area contributed by atoms with Crippen LogP contribution in [0.25, 0.3) is 0 Å². The Morgan fingerprint density at radius 1 is 0.855 bits per heavy atom. The van der Waals surface area contributed by atoms with Crippen molar-refractivity contribution >= 4 is 21.6 Å². The first kappa shape index (κ1) is 45.0. The Labute approximate surface area is 327 Å². The third-order valence-electron chi connectivity index (χ3n) is 12.2. The van der Waals surface area contributed by atoms with Gasteiger partial charge in [0.15, 0.2) is 0 Å². The first-order valence-electron chi connectivity index (χ1n) is 19.6. The lowest BCUT2D eigenvalue weighted by Gasteiger charge is -2.50. The molecule has 0 spiro atoms. The number of aryl methyl sites for hydroxylation is 1. The van der Waals surface area contributed by atoms with Crippen molar-refractivity contribution in [2.75, 3.05) is 52.3 Å². The Morgan fingerprint density at radius 3 is 2.25 bits per heavy atom. The summed E-state index contributed by atoms with van der Waals surface area (Å²) in [5.74, 6) is 3.95. The van der Waals surface area contributed by atoms with Crippen LogP contribution in [0.5, 0.6) is 5.75 Å². The molecule has 5 nitrogen and oxygen atoms in total. The van der Waals surface area contributed by atoms with Crippen LogP contribution < -0.4 is 4.74 Å². The molecule has 0 aliphatic heterocycles. The lowest BCUT2D eigenvalue weighted by atomic mass is 9.55. The number of halogens is 9. The van der Waals surface area contributed by atoms with Gasteiger partial charge in [0.1, 0.15) is 5.75 Å². The number of fused-ring (bicyclic) bond motifs is 5. The standard InChI is InChI=1S/C39H56F9NO4S2/c1-25(2)24-52-28-7-9-29(23-28)55-54-21-5-18-50-27-8-11-30-26(22-27)6-10-32-31(30)14-15-35(3)33(32)12-13-34(35)51-19-16-49(4)17-20-53-36(37(40,41)42,38(43,44)45)39(46,47)48/h8,11,22,25,28-29,31-34H,5-7,9-10,12-21,23-24H2,1-4H3/t28?,29?,31?,32?,33?,34-,35-/m0/s1. The Morgan fingerprint density at radius 2 is 1.56 bits per heavy atom. The van der Waals surface area contributed by atoms with Crippen molar-refractivity contribution in [2.45, 2.75) is 132 Å². The summed E-state index contributed by atoms with van der Waals surface area (Å²) >= 11 is 0. The predicted molar refractivity (Wildman–Crippen MR) is 198 cm³/mol. The molecule has 0 radical (unpaired) electrons. The number of nitrogens with zero attached hydrogens (tertiary/aromatic N) is 1. The minimum atomic E-state index is -6.74. The molecule has 0 amide bonds. The van der Waals surface area contributed by atoms with Crippen molar-refractivity contribution in [1.82, 2.24) is 4.90 Å². The zero-order valence-electron chi connectivity index (χ0n) is 32.1. The summed E-state index contributed by atoms with van der Waals surface area (Å²) in [6.45, 7) is 6.39. The minimum Gasteiger partial charge on any atom is -0.494 e. The van der Waals surface area contributed by atoms with Crippen molar-refractivity contribution in [2.24, 2.45) is 23.2 Å². The van der Waals surface area contributed by atoms with E-state index in [0.29, 0.717) is 41.6 Å². The maximum atomic E-state index is 13.2. The summed E-state index contributed by atoms with van der Waals surface area (Å²) in [5.41, 5.74) is -3.57. The monoisotopic (exact) mass is 837 g/mol. The Bertz CT molecular complexity index is 1340. The molecule has 0 bridgehead atoms. The van der Waals surface area contributed by atoms with E-state index in [4.69, 9.17) is 14.2 Å². The van der Waals surface area contributed by atoms with Gasteiger partial charge in [-0.15, -0.1) is 0 Å². The molecule has 16 heteroatoms. The van der Waals surface area contributed by atoms with Gasteiger partial charge < -0.3 is 23.8 Å². The molecule has 55 heavy (non-hydrogen) atoms. The number of hydrogen-bond donors (Lipinski definition) is 0. The average molecular weight is 838 g/mol. The van der Waals surface area contributed by atoms with Gasteiger partial charge in [0.2, 0.25) is 0 Å². The number of hydrogen-bond acceptors (Lipinski definition) is 7. The molecular formula is C39H56F9NO4S2. The molecule has 0 saturated heterocycles. The average Bonchev–Trinajstić information content (AvgIpc) is 3.68. The van der Waals surface area contributed by atoms with Gasteiger partial charge in [-0.2, -0.15) is 39.5 Å². The van der Waals surface area contributed by atoms with E-state index in [2.05, 4.69) is 43.7 Å². The zero-order valence-corrected chi connectivity index (χ0v) is 33.7. The van der Waals surface area contributed by atoms with Crippen LogP contribution >= 0.6 is 21.6 Å². The van der Waals surface area contributed by atoms with Crippen molar-refractivity contribution in [3.63, 3.8) is 0 Å². The number of alkyl halides is 9. The number of ether oxygens (including phenoxy) is 4. The van der Waals surface area contributed by atoms with E-state index in [1.54, 1.807) is 0 Å². The second-order valence-corrected chi connectivity index (χ2v) is 19.3. The highest BCUT2D eigenvalue weighted by Crippen LogP contribution is 2.62. The van der Waals surface area contributed by atoms with Crippen LogP contribution in [0.2, 0.25) is 0 Å². The highest BCUT2D eigenvalue weighted by Gasteiger charge is 2.85. The maximum Gasteiger partial charge on any atom is 0.435 e. The number of rotatable bonds is 18. The quantitative estimate of drug-likeness (QED) is 0.0829. The molecule has 7 atom stereocenters. The Hall–Kier alpha value is -1.07. The van der Waals surface area contributed by atoms with Gasteiger partial charge in [0.05, 0.1) is 32.0 Å². The van der Waals surface area contributed by atoms with Gasteiger partial charge in [-0.05, 0) is 124 Å². The molecule has 0 N–H and O–H groups in total. The summed E-state index contributed by atoms with van der Waals surface area (Å²) in [6, 6.07) is 6.57. The Kier molecular flexibility index (Phi) is 15.1. The third-order valence-corrected chi connectivity index (χ3v) is 15.3. The molecule has 4 aliphatic rings. The number of benzene rings is 1. The summed E-state index contributed by atoms with van der Waals surface area (Å²) < 4.78 is 141. The van der Waals surface area contributed by atoms with Crippen LogP contribution in [0, 0.1) is 23.2 Å². The first-order valence-corrected chi connectivity index (χ1v) is 21.9. The molecule has 0 aromatic heterocycles. The third kappa shape index (κ3) is 10.4. The van der Waals surface area contributed by atoms with Crippen molar-refractivity contribution in [1.29, 1.82) is 0 Å². The number of likely N-dealkylation sites (N-methyl/N-ethyl adjacent to an activating group) is 1. The molecule has 1 aromatic carbocycles. The van der Waals surface area contributed by atoms with Crippen LogP contribution in [0.3, 0.4) is 0 Å². The van der Waals surface area contributed by atoms with Gasteiger partial charge in [0, 0.05) is 30.7 Å². The van der Waals surface area contributed by atoms with Gasteiger partial charge in [-0.1, -0.05) is 48.4 Å². The van der Waals surface area contributed by atoms with E-state index in [1.165, 1.54) is 29.5 Å². The molecule has 1 aromatic rings. The fourth-order valence-corrected chi connectivity index (χ4v) is 12.1. The summed E-state index contributed by atoms with van der Waals surface area (Å²) in [6.07, 6.45) is -9.49. The van der Waals surface area contributed by atoms with Crippen molar-refractivity contribution in [3.8, 4) is 5.75 Å². The largest absolute Gasteiger partial charge is 0.494 e. The Balaban J connectivity index is 1.03. The zero-order chi connectivity index (χ0) is 40.2. The lowest BCUT2D eigenvalue weighted by Crippen LogP contribution is -2.68. The minimum absolute atomic E-state index is 0.0658. The molecule has 3 saturated carbocycles. The maximum absolute atomic E-state index is 13.2. The SMILES string of the molecule is CC(C)COC1CCC(SSCCCOc2ccc3c(c2)CCC2C3CC[C@@]3(C)C2CC[C@@H]3OCCN(C)CCOC(C(F)(F)F)(C(F)(F)F)C(F)(F)F)C1. The van der Waals surface area contributed by atoms with Crippen molar-refractivity contribution in [3.05, 3.63) is 29.3 Å². The van der Waals surface area contributed by atoms with Crippen molar-refractivity contribution < 1.29 is 58.5 Å². The lowest BCUT2D eigenvalue weighted by molar-refractivity contribution is -0.457. The molecule has 5 unspecified atom stereocenters. The van der Waals surface area contributed by atoms with E-state index < -0.39 is 37.3 Å². The molecule has 0 heterocycles. The van der Waals surface area contributed by atoms with Crippen LogP contribution in [-0.2, 0) is 20.6 Å². The smallest absolute Gasteiger partial charge is 0.435 e. The van der Waals surface area contributed by atoms with Crippen LogP contribution in [-0.4, -0.2) is 98.8 Å². The first-order chi connectivity index (χ1) is 25.8. The second-order valence-electron chi connectivity index (χ2n) is 16.5. The van der Waals surface area contributed by atoms with Crippen LogP contribution in [0.4, 0.5) is 39.5 Å². The van der Waals surface area contributed by atoms with E-state index in [0.717, 1.165) is 75.9 Å². The predicted octanol–water partition coefficient (Wildman–Crippen LogP) is 11.0. The van der Waals surface area contributed by atoms with Crippen LogP contribution in [0.1, 0.15) is 95.6 Å². The second kappa shape index (κ2) is 18.5. The highest BCUT2D eigenvalue weighted by atomic mass is 33.1. The van der Waals surface area contributed by atoms with E-state index in [9.17, 15) is 39.5 Å². The van der Waals surface area contributed by atoms with Crippen LogP contribution in [0.15, 0.2) is 18.2 Å². The molecule has 3 fully saturated rings. The van der Waals surface area contributed by atoms with Gasteiger partial charge >= 0.3 is 24.1 Å². The van der Waals surface area contributed by atoms with E-state index in [1.807, 2.05) is 21.6 Å². The molecular weight excluding hydrogens is 782 g/mol. The fraction of sp³-hybridized carbons (Fsp3) is 0.846. The molecule has 4 aliphatic carbocycles. The summed E-state index contributed by atoms with van der Waals surface area (Å²) in [4.78, 5) is 1.31. The van der Waals surface area contributed by atoms with Gasteiger partial charge in [-0.25, -0.2) is 0 Å². The van der Waals surface area contributed by atoms with E-state index >= 15 is 0 Å². The van der Waals surface area contributed by atoms with Gasteiger partial charge in [-0.3, -0.25) is 0 Å². The molecule has 316 valence electrons. The highest BCUT2D eigenvalue weighted by molar-refractivity contribution is 8.76. The fourth-order valence-electron chi connectivity index (χ4n) is 9.34. The normalized spacial score (nSPS) is 28.8. The summed E-state index contributed by atoms with van der Waals surface area (Å²) in [5, 5.41) is 0.669. The van der Waals surface area contributed by atoms with E-state index in [-0.39, 0.29) is 24.7 Å².